The van der Waals surface area contributed by atoms with Gasteiger partial charge in [-0.15, -0.1) is 0 Å². The van der Waals surface area contributed by atoms with E-state index < -0.39 is 5.41 Å². The number of hydrogen-bond donors (Lipinski definition) is 1. The second-order valence-electron chi connectivity index (χ2n) is 12.1. The van der Waals surface area contributed by atoms with Crippen LogP contribution in [0.3, 0.4) is 0 Å². The summed E-state index contributed by atoms with van der Waals surface area (Å²) in [5.74, 6) is 0. The zero-order valence-electron chi connectivity index (χ0n) is 24.4. The van der Waals surface area contributed by atoms with Crippen LogP contribution in [0, 0.1) is 0 Å². The van der Waals surface area contributed by atoms with Crippen molar-refractivity contribution in [3.8, 4) is 33.4 Å². The molecule has 1 atom stereocenters. The molecule has 1 aromatic heterocycles. The summed E-state index contributed by atoms with van der Waals surface area (Å²) in [4.78, 5) is 0. The molecule has 8 aromatic rings. The summed E-state index contributed by atoms with van der Waals surface area (Å²) in [7, 11) is 0. The molecule has 10 rings (SSSR count). The van der Waals surface area contributed by atoms with Crippen LogP contribution in [0.1, 0.15) is 22.3 Å². The first kappa shape index (κ1) is 24.6. The average molecular weight is 574 g/mol. The van der Waals surface area contributed by atoms with E-state index in [0.717, 1.165) is 33.3 Å². The molecule has 0 radical (unpaired) electrons. The molecule has 0 bridgehead atoms. The number of rotatable bonds is 3. The Labute approximate surface area is 261 Å². The second kappa shape index (κ2) is 9.07. The molecular formula is C43H27NO. The molecule has 1 N–H and O–H groups in total. The van der Waals surface area contributed by atoms with Gasteiger partial charge in [-0.05, 0) is 80.4 Å². The van der Waals surface area contributed by atoms with Crippen molar-refractivity contribution in [1.82, 2.24) is 0 Å². The predicted molar refractivity (Wildman–Crippen MR) is 185 cm³/mol. The third-order valence-electron chi connectivity index (χ3n) is 9.88. The summed E-state index contributed by atoms with van der Waals surface area (Å²) in [5, 5.41) is 6.04. The van der Waals surface area contributed by atoms with Gasteiger partial charge in [0.2, 0.25) is 0 Å². The zero-order chi connectivity index (χ0) is 29.5. The molecule has 1 unspecified atom stereocenters. The molecule has 7 aromatic carbocycles. The largest absolute Gasteiger partial charge is 0.455 e. The molecule has 210 valence electrons. The molecular weight excluding hydrogens is 546 g/mol. The van der Waals surface area contributed by atoms with Crippen molar-refractivity contribution in [2.45, 2.75) is 5.41 Å². The Morgan fingerprint density at radius 1 is 0.422 bits per heavy atom. The van der Waals surface area contributed by atoms with Crippen LogP contribution in [-0.2, 0) is 5.41 Å². The number of fused-ring (bicyclic) bond motifs is 14. The van der Waals surface area contributed by atoms with Crippen molar-refractivity contribution in [2.75, 3.05) is 5.32 Å². The number of benzene rings is 7. The average Bonchev–Trinajstić information content (AvgIpc) is 3.73. The highest BCUT2D eigenvalue weighted by molar-refractivity contribution is 6.13. The van der Waals surface area contributed by atoms with Crippen LogP contribution in [0.4, 0.5) is 11.4 Å². The summed E-state index contributed by atoms with van der Waals surface area (Å²) < 4.78 is 6.66. The van der Waals surface area contributed by atoms with Crippen LogP contribution in [0.15, 0.2) is 162 Å². The van der Waals surface area contributed by atoms with E-state index in [1.165, 1.54) is 55.6 Å². The molecule has 2 nitrogen and oxygen atoms in total. The highest BCUT2D eigenvalue weighted by atomic mass is 16.3. The molecule has 0 saturated carbocycles. The van der Waals surface area contributed by atoms with E-state index in [2.05, 4.69) is 157 Å². The van der Waals surface area contributed by atoms with Gasteiger partial charge >= 0.3 is 0 Å². The minimum Gasteiger partial charge on any atom is -0.455 e. The molecule has 0 amide bonds. The number of hydrogen-bond acceptors (Lipinski definition) is 2. The first-order chi connectivity index (χ1) is 22.3. The standard InChI is InChI=1S/C43H27NO/c1-2-10-27(11-3-1)28-18-20-29(21-19-28)44-30-22-23-32-31-12-4-7-15-36(31)43(39(32)26-30)37-16-8-5-14-35(37)41-38(43)25-24-34-33-13-6-9-17-40(33)45-42(34)41/h1-26,44H. The van der Waals surface area contributed by atoms with E-state index in [1.54, 1.807) is 0 Å². The lowest BCUT2D eigenvalue weighted by atomic mass is 9.70. The fourth-order valence-electron chi connectivity index (χ4n) is 8.02. The maximum atomic E-state index is 6.66. The van der Waals surface area contributed by atoms with E-state index in [4.69, 9.17) is 4.42 Å². The molecule has 45 heavy (non-hydrogen) atoms. The van der Waals surface area contributed by atoms with Gasteiger partial charge in [-0.1, -0.05) is 127 Å². The maximum absolute atomic E-state index is 6.66. The van der Waals surface area contributed by atoms with Gasteiger partial charge in [-0.2, -0.15) is 0 Å². The summed E-state index contributed by atoms with van der Waals surface area (Å²) in [5.41, 5.74) is 16.3. The second-order valence-corrected chi connectivity index (χ2v) is 12.1. The van der Waals surface area contributed by atoms with E-state index >= 15 is 0 Å². The first-order valence-corrected chi connectivity index (χ1v) is 15.5. The van der Waals surface area contributed by atoms with Gasteiger partial charge in [0, 0.05) is 27.7 Å². The summed E-state index contributed by atoms with van der Waals surface area (Å²) >= 11 is 0. The lowest BCUT2D eigenvalue weighted by molar-refractivity contribution is 0.669. The van der Waals surface area contributed by atoms with Gasteiger partial charge in [0.05, 0.1) is 5.41 Å². The van der Waals surface area contributed by atoms with E-state index in [9.17, 15) is 0 Å². The monoisotopic (exact) mass is 573 g/mol. The van der Waals surface area contributed by atoms with Crippen LogP contribution >= 0.6 is 0 Å². The summed E-state index contributed by atoms with van der Waals surface area (Å²) in [6.45, 7) is 0. The SMILES string of the molecule is c1ccc(-c2ccc(Nc3ccc4c(c3)C3(c5ccccc5-4)c4ccccc4-c4c3ccc3c4oc4ccccc43)cc2)cc1. The Balaban J connectivity index is 1.19. The molecule has 2 heteroatoms. The number of nitrogens with one attached hydrogen (secondary N) is 1. The van der Waals surface area contributed by atoms with Gasteiger partial charge in [0.1, 0.15) is 11.2 Å². The smallest absolute Gasteiger partial charge is 0.143 e. The zero-order valence-corrected chi connectivity index (χ0v) is 24.4. The van der Waals surface area contributed by atoms with Crippen LogP contribution < -0.4 is 5.32 Å². The van der Waals surface area contributed by atoms with Crippen molar-refractivity contribution in [3.05, 3.63) is 180 Å². The highest BCUT2D eigenvalue weighted by Gasteiger charge is 2.52. The fourth-order valence-corrected chi connectivity index (χ4v) is 8.02. The summed E-state index contributed by atoms with van der Waals surface area (Å²) in [6, 6.07) is 56.9. The van der Waals surface area contributed by atoms with Crippen LogP contribution in [-0.4, -0.2) is 0 Å². The Kier molecular flexibility index (Phi) is 4.95. The normalized spacial score (nSPS) is 15.6. The van der Waals surface area contributed by atoms with Crippen molar-refractivity contribution < 1.29 is 4.42 Å². The quantitative estimate of drug-likeness (QED) is 0.227. The van der Waals surface area contributed by atoms with Gasteiger partial charge < -0.3 is 9.73 Å². The number of para-hydroxylation sites is 1. The maximum Gasteiger partial charge on any atom is 0.143 e. The van der Waals surface area contributed by atoms with E-state index in [-0.39, 0.29) is 0 Å². The Hall–Kier alpha value is -5.86. The van der Waals surface area contributed by atoms with Crippen LogP contribution in [0.2, 0.25) is 0 Å². The Morgan fingerprint density at radius 2 is 1.07 bits per heavy atom. The summed E-state index contributed by atoms with van der Waals surface area (Å²) in [6.07, 6.45) is 0. The molecule has 2 aliphatic rings. The van der Waals surface area contributed by atoms with E-state index in [1.807, 2.05) is 6.07 Å². The minimum atomic E-state index is -0.445. The first-order valence-electron chi connectivity index (χ1n) is 15.5. The third kappa shape index (κ3) is 3.29. The lowest BCUT2D eigenvalue weighted by Crippen LogP contribution is -2.25. The molecule has 0 aliphatic heterocycles. The van der Waals surface area contributed by atoms with Crippen LogP contribution in [0.5, 0.6) is 0 Å². The molecule has 1 heterocycles. The van der Waals surface area contributed by atoms with Crippen molar-refractivity contribution in [1.29, 1.82) is 0 Å². The van der Waals surface area contributed by atoms with Gasteiger partial charge in [0.15, 0.2) is 0 Å². The molecule has 0 saturated heterocycles. The Bertz CT molecular complexity index is 2450. The minimum absolute atomic E-state index is 0.445. The lowest BCUT2D eigenvalue weighted by Gasteiger charge is -2.30. The van der Waals surface area contributed by atoms with Crippen molar-refractivity contribution in [3.63, 3.8) is 0 Å². The number of anilines is 2. The molecule has 0 fully saturated rings. The Morgan fingerprint density at radius 3 is 1.91 bits per heavy atom. The van der Waals surface area contributed by atoms with Crippen molar-refractivity contribution >= 4 is 33.3 Å². The highest BCUT2D eigenvalue weighted by Crippen LogP contribution is 2.64. The topological polar surface area (TPSA) is 25.2 Å². The van der Waals surface area contributed by atoms with Gasteiger partial charge in [0.25, 0.3) is 0 Å². The van der Waals surface area contributed by atoms with Gasteiger partial charge in [-0.25, -0.2) is 0 Å². The third-order valence-corrected chi connectivity index (χ3v) is 9.88. The fraction of sp³-hybridized carbons (Fsp3) is 0.0233. The van der Waals surface area contributed by atoms with E-state index in [0.29, 0.717) is 0 Å². The van der Waals surface area contributed by atoms with Crippen molar-refractivity contribution in [2.24, 2.45) is 0 Å². The molecule has 1 spiro atoms. The van der Waals surface area contributed by atoms with Crippen LogP contribution in [0.25, 0.3) is 55.3 Å². The number of furan rings is 1. The predicted octanol–water partition coefficient (Wildman–Crippen LogP) is 11.3. The van der Waals surface area contributed by atoms with Gasteiger partial charge in [-0.3, -0.25) is 0 Å². The molecule has 2 aliphatic carbocycles.